The van der Waals surface area contributed by atoms with E-state index in [-0.39, 0.29) is 12.1 Å². The van der Waals surface area contributed by atoms with E-state index >= 15 is 0 Å². The molecule has 128 valence electrons. The van der Waals surface area contributed by atoms with E-state index in [1.165, 1.54) is 5.56 Å². The van der Waals surface area contributed by atoms with Crippen LogP contribution in [0.15, 0.2) is 23.7 Å². The molecule has 6 nitrogen and oxygen atoms in total. The molecule has 1 atom stereocenters. The number of amides is 2. The molecule has 0 saturated heterocycles. The van der Waals surface area contributed by atoms with Crippen molar-refractivity contribution in [2.45, 2.75) is 25.9 Å². The van der Waals surface area contributed by atoms with Gasteiger partial charge in [0.2, 0.25) is 0 Å². The minimum atomic E-state index is -0.0932. The summed E-state index contributed by atoms with van der Waals surface area (Å²) >= 11 is 1.54. The van der Waals surface area contributed by atoms with E-state index in [0.29, 0.717) is 18.8 Å². The first kappa shape index (κ1) is 16.6. The Morgan fingerprint density at radius 2 is 2.00 bits per heavy atom. The first-order valence-electron chi connectivity index (χ1n) is 7.81. The number of fused-ring (bicyclic) bond motifs is 1. The molecule has 0 bridgehead atoms. The maximum Gasteiger partial charge on any atom is 0.318 e. The number of carbonyl (C=O) groups excluding carboxylic acids is 1. The Hall–Kier alpha value is -2.28. The van der Waals surface area contributed by atoms with Gasteiger partial charge in [0.15, 0.2) is 11.5 Å². The molecule has 2 heterocycles. The highest BCUT2D eigenvalue weighted by molar-refractivity contribution is 7.09. The largest absolute Gasteiger partial charge is 0.493 e. The van der Waals surface area contributed by atoms with Gasteiger partial charge in [0.1, 0.15) is 5.01 Å². The lowest BCUT2D eigenvalue weighted by molar-refractivity contribution is 0.189. The van der Waals surface area contributed by atoms with Crippen LogP contribution >= 0.6 is 11.3 Å². The molecule has 0 spiro atoms. The summed E-state index contributed by atoms with van der Waals surface area (Å²) in [5.74, 6) is 1.42. The zero-order valence-electron chi connectivity index (χ0n) is 14.0. The van der Waals surface area contributed by atoms with E-state index in [9.17, 15) is 4.79 Å². The van der Waals surface area contributed by atoms with E-state index in [0.717, 1.165) is 22.7 Å². The first-order chi connectivity index (χ1) is 11.6. The zero-order chi connectivity index (χ0) is 17.1. The number of carbonyl (C=O) groups is 1. The number of thiazole rings is 1. The van der Waals surface area contributed by atoms with Gasteiger partial charge in [-0.2, -0.15) is 0 Å². The van der Waals surface area contributed by atoms with Crippen molar-refractivity contribution < 1.29 is 14.3 Å². The number of urea groups is 1. The number of nitrogens with zero attached hydrogens (tertiary/aromatic N) is 2. The van der Waals surface area contributed by atoms with Gasteiger partial charge < -0.3 is 19.7 Å². The lowest BCUT2D eigenvalue weighted by atomic mass is 9.99. The third kappa shape index (κ3) is 3.31. The highest BCUT2D eigenvalue weighted by atomic mass is 32.1. The highest BCUT2D eigenvalue weighted by Crippen LogP contribution is 2.33. The average Bonchev–Trinajstić information content (AvgIpc) is 3.14. The summed E-state index contributed by atoms with van der Waals surface area (Å²) in [7, 11) is 3.25. The van der Waals surface area contributed by atoms with Gasteiger partial charge in [0.25, 0.3) is 0 Å². The molecule has 2 amide bonds. The summed E-state index contributed by atoms with van der Waals surface area (Å²) in [4.78, 5) is 18.6. The molecule has 1 N–H and O–H groups in total. The van der Waals surface area contributed by atoms with E-state index in [4.69, 9.17) is 9.47 Å². The molecule has 1 aromatic carbocycles. The summed E-state index contributed by atoms with van der Waals surface area (Å²) in [6, 6.07) is 3.79. The van der Waals surface area contributed by atoms with Crippen molar-refractivity contribution in [2.24, 2.45) is 0 Å². The second-order valence-electron chi connectivity index (χ2n) is 5.69. The van der Waals surface area contributed by atoms with Gasteiger partial charge in [-0.05, 0) is 36.6 Å². The summed E-state index contributed by atoms with van der Waals surface area (Å²) in [5.41, 5.74) is 2.29. The monoisotopic (exact) mass is 347 g/mol. The fourth-order valence-electron chi connectivity index (χ4n) is 2.84. The van der Waals surface area contributed by atoms with Crippen LogP contribution in [0, 0.1) is 0 Å². The Kier molecular flexibility index (Phi) is 4.89. The van der Waals surface area contributed by atoms with Crippen LogP contribution < -0.4 is 14.8 Å². The summed E-state index contributed by atoms with van der Waals surface area (Å²) in [6.45, 7) is 3.19. The average molecular weight is 347 g/mol. The summed E-state index contributed by atoms with van der Waals surface area (Å²) < 4.78 is 10.7. The number of ether oxygens (including phenoxy) is 2. The van der Waals surface area contributed by atoms with Crippen molar-refractivity contribution in [3.63, 3.8) is 0 Å². The third-order valence-corrected chi connectivity index (χ3v) is 5.13. The number of benzene rings is 1. The van der Waals surface area contributed by atoms with Crippen molar-refractivity contribution in [3.8, 4) is 11.5 Å². The van der Waals surface area contributed by atoms with Crippen LogP contribution in [0.3, 0.4) is 0 Å². The fraction of sp³-hybridized carbons (Fsp3) is 0.412. The number of nitrogens with one attached hydrogen (secondary N) is 1. The maximum atomic E-state index is 12.5. The zero-order valence-corrected chi connectivity index (χ0v) is 14.9. The molecule has 7 heteroatoms. The molecular formula is C17H21N3O3S. The van der Waals surface area contributed by atoms with E-state index in [2.05, 4.69) is 10.3 Å². The Morgan fingerprint density at radius 1 is 1.29 bits per heavy atom. The standard InChI is InChI=1S/C17H21N3O3S/c1-11(16-18-5-7-24-16)19-17(21)20-6-4-12-8-14(22-2)15(23-3)9-13(12)10-20/h5,7-9,11H,4,6,10H2,1-3H3,(H,19,21). The van der Waals surface area contributed by atoms with Crippen LogP contribution in [0.5, 0.6) is 11.5 Å². The van der Waals surface area contributed by atoms with Gasteiger partial charge in [-0.25, -0.2) is 9.78 Å². The number of aromatic nitrogens is 1. The molecule has 1 unspecified atom stereocenters. The highest BCUT2D eigenvalue weighted by Gasteiger charge is 2.24. The molecule has 3 rings (SSSR count). The Bertz CT molecular complexity index is 718. The van der Waals surface area contributed by atoms with Crippen LogP contribution in [0.25, 0.3) is 0 Å². The minimum Gasteiger partial charge on any atom is -0.493 e. The SMILES string of the molecule is COc1cc2c(cc1OC)CN(C(=O)NC(C)c1nccs1)CC2. The molecular weight excluding hydrogens is 326 g/mol. The normalized spacial score (nSPS) is 14.7. The maximum absolute atomic E-state index is 12.5. The first-order valence-corrected chi connectivity index (χ1v) is 8.69. The van der Waals surface area contributed by atoms with Gasteiger partial charge in [-0.15, -0.1) is 11.3 Å². The Labute approximate surface area is 145 Å². The molecule has 2 aromatic rings. The van der Waals surface area contributed by atoms with Gasteiger partial charge in [0.05, 0.1) is 20.3 Å². The van der Waals surface area contributed by atoms with Crippen LogP contribution in [0.4, 0.5) is 4.79 Å². The number of methoxy groups -OCH3 is 2. The van der Waals surface area contributed by atoms with Crippen molar-refractivity contribution in [1.29, 1.82) is 0 Å². The van der Waals surface area contributed by atoms with Gasteiger partial charge >= 0.3 is 6.03 Å². The number of hydrogen-bond acceptors (Lipinski definition) is 5. The molecule has 0 radical (unpaired) electrons. The number of hydrogen-bond donors (Lipinski definition) is 1. The minimum absolute atomic E-state index is 0.0712. The Balaban J connectivity index is 1.71. The molecule has 0 fully saturated rings. The number of rotatable bonds is 4. The second kappa shape index (κ2) is 7.09. The van der Waals surface area contributed by atoms with Crippen molar-refractivity contribution in [1.82, 2.24) is 15.2 Å². The van der Waals surface area contributed by atoms with Gasteiger partial charge in [-0.3, -0.25) is 0 Å². The van der Waals surface area contributed by atoms with Crippen molar-refractivity contribution >= 4 is 17.4 Å². The molecule has 1 aliphatic heterocycles. The molecule has 1 aliphatic rings. The predicted octanol–water partition coefficient (Wildman–Crippen LogP) is 2.99. The predicted molar refractivity (Wildman–Crippen MR) is 92.7 cm³/mol. The smallest absolute Gasteiger partial charge is 0.318 e. The lowest BCUT2D eigenvalue weighted by Gasteiger charge is -2.30. The quantitative estimate of drug-likeness (QED) is 0.923. The second-order valence-corrected chi connectivity index (χ2v) is 6.62. The van der Waals surface area contributed by atoms with Gasteiger partial charge in [0, 0.05) is 24.7 Å². The van der Waals surface area contributed by atoms with Crippen LogP contribution in [0.2, 0.25) is 0 Å². The van der Waals surface area contributed by atoms with Crippen LogP contribution in [-0.4, -0.2) is 36.7 Å². The summed E-state index contributed by atoms with van der Waals surface area (Å²) in [5, 5.41) is 5.83. The van der Waals surface area contributed by atoms with E-state index in [1.807, 2.05) is 29.3 Å². The topological polar surface area (TPSA) is 63.7 Å². The summed E-state index contributed by atoms with van der Waals surface area (Å²) in [6.07, 6.45) is 2.55. The van der Waals surface area contributed by atoms with E-state index in [1.54, 1.807) is 31.8 Å². The van der Waals surface area contributed by atoms with Crippen LogP contribution in [-0.2, 0) is 13.0 Å². The fourth-order valence-corrected chi connectivity index (χ4v) is 3.49. The Morgan fingerprint density at radius 3 is 2.62 bits per heavy atom. The third-order valence-electron chi connectivity index (χ3n) is 4.17. The van der Waals surface area contributed by atoms with Crippen molar-refractivity contribution in [2.75, 3.05) is 20.8 Å². The van der Waals surface area contributed by atoms with Crippen molar-refractivity contribution in [3.05, 3.63) is 39.8 Å². The van der Waals surface area contributed by atoms with Crippen LogP contribution in [0.1, 0.15) is 29.1 Å². The molecule has 1 aromatic heterocycles. The lowest BCUT2D eigenvalue weighted by Crippen LogP contribution is -2.43. The van der Waals surface area contributed by atoms with E-state index < -0.39 is 0 Å². The molecule has 0 saturated carbocycles. The molecule has 24 heavy (non-hydrogen) atoms. The van der Waals surface area contributed by atoms with Gasteiger partial charge in [-0.1, -0.05) is 0 Å². The molecule has 0 aliphatic carbocycles.